The Kier molecular flexibility index (Phi) is 9.92. The molecule has 3 aromatic rings. The molecule has 0 aliphatic carbocycles. The van der Waals surface area contributed by atoms with E-state index in [9.17, 15) is 18.0 Å². The Bertz CT molecular complexity index is 1400. The molecule has 0 aliphatic heterocycles. The van der Waals surface area contributed by atoms with Gasteiger partial charge in [-0.1, -0.05) is 68.4 Å². The number of anilines is 1. The van der Waals surface area contributed by atoms with E-state index in [4.69, 9.17) is 0 Å². The van der Waals surface area contributed by atoms with Gasteiger partial charge < -0.3 is 10.2 Å². The van der Waals surface area contributed by atoms with Gasteiger partial charge in [0.15, 0.2) is 0 Å². The second-order valence-electron chi connectivity index (χ2n) is 10.4. The van der Waals surface area contributed by atoms with Crippen molar-refractivity contribution in [2.75, 3.05) is 17.4 Å². The lowest BCUT2D eigenvalue weighted by Gasteiger charge is -2.33. The summed E-state index contributed by atoms with van der Waals surface area (Å²) in [4.78, 5) is 28.7. The van der Waals surface area contributed by atoms with Gasteiger partial charge in [-0.05, 0) is 74.1 Å². The van der Waals surface area contributed by atoms with E-state index in [1.165, 1.54) is 17.0 Å². The van der Waals surface area contributed by atoms with Gasteiger partial charge in [0, 0.05) is 13.1 Å². The molecular weight excluding hydrogens is 510 g/mol. The number of nitrogens with zero attached hydrogens (tertiary/aromatic N) is 2. The standard InChI is InChI=1S/C31H39N3O4S/c1-22(2)19-32-31(36)26(6)33(20-27-13-11-10-12-24(27)4)30(35)21-34(29-18-23(3)16-17-25(29)5)39(37,38)28-14-8-7-9-15-28/h7-18,22,26H,19-21H2,1-6H3,(H,32,36)/t26-/m1/s1. The first kappa shape index (κ1) is 29.9. The Balaban J connectivity index is 2.05. The normalized spacial score (nSPS) is 12.2. The molecule has 3 rings (SSSR count). The van der Waals surface area contributed by atoms with Gasteiger partial charge in [0.1, 0.15) is 12.6 Å². The molecule has 7 nitrogen and oxygen atoms in total. The van der Waals surface area contributed by atoms with Crippen molar-refractivity contribution in [2.24, 2.45) is 5.92 Å². The zero-order valence-corrected chi connectivity index (χ0v) is 24.5. The van der Waals surface area contributed by atoms with Crippen molar-refractivity contribution >= 4 is 27.5 Å². The first-order valence-electron chi connectivity index (χ1n) is 13.2. The van der Waals surface area contributed by atoms with Crippen LogP contribution in [0.5, 0.6) is 0 Å². The molecule has 1 atom stereocenters. The van der Waals surface area contributed by atoms with Gasteiger partial charge in [0.05, 0.1) is 10.6 Å². The van der Waals surface area contributed by atoms with Crippen molar-refractivity contribution in [3.8, 4) is 0 Å². The van der Waals surface area contributed by atoms with Crippen molar-refractivity contribution < 1.29 is 18.0 Å². The predicted molar refractivity (Wildman–Crippen MR) is 156 cm³/mol. The molecule has 3 aromatic carbocycles. The van der Waals surface area contributed by atoms with Crippen LogP contribution in [0.15, 0.2) is 77.7 Å². The molecule has 0 bridgehead atoms. The fourth-order valence-corrected chi connectivity index (χ4v) is 5.72. The molecule has 39 heavy (non-hydrogen) atoms. The van der Waals surface area contributed by atoms with Crippen LogP contribution in [0.3, 0.4) is 0 Å². The molecule has 0 saturated carbocycles. The number of rotatable bonds is 11. The second-order valence-corrected chi connectivity index (χ2v) is 12.2. The number of carbonyl (C=O) groups excluding carboxylic acids is 2. The molecule has 8 heteroatoms. The quantitative estimate of drug-likeness (QED) is 0.365. The van der Waals surface area contributed by atoms with Crippen LogP contribution >= 0.6 is 0 Å². The summed E-state index contributed by atoms with van der Waals surface area (Å²) in [5.74, 6) is -0.502. The van der Waals surface area contributed by atoms with Crippen molar-refractivity contribution in [3.63, 3.8) is 0 Å². The van der Waals surface area contributed by atoms with E-state index in [0.717, 1.165) is 26.6 Å². The van der Waals surface area contributed by atoms with Crippen LogP contribution in [0.2, 0.25) is 0 Å². The topological polar surface area (TPSA) is 86.8 Å². The number of amides is 2. The van der Waals surface area contributed by atoms with Gasteiger partial charge in [-0.2, -0.15) is 0 Å². The molecule has 0 aromatic heterocycles. The summed E-state index contributed by atoms with van der Waals surface area (Å²) in [5, 5.41) is 2.91. The Morgan fingerprint density at radius 3 is 2.13 bits per heavy atom. The van der Waals surface area contributed by atoms with Crippen molar-refractivity contribution in [2.45, 2.75) is 59.0 Å². The highest BCUT2D eigenvalue weighted by molar-refractivity contribution is 7.92. The molecular formula is C31H39N3O4S. The number of hydrogen-bond donors (Lipinski definition) is 1. The largest absolute Gasteiger partial charge is 0.354 e. The number of hydrogen-bond acceptors (Lipinski definition) is 4. The van der Waals surface area contributed by atoms with Gasteiger partial charge in [-0.25, -0.2) is 8.42 Å². The average Bonchev–Trinajstić information content (AvgIpc) is 2.91. The van der Waals surface area contributed by atoms with Crippen LogP contribution in [0.25, 0.3) is 0 Å². The fourth-order valence-electron chi connectivity index (χ4n) is 4.23. The molecule has 0 unspecified atom stereocenters. The summed E-state index contributed by atoms with van der Waals surface area (Å²) in [5.41, 5.74) is 3.89. The van der Waals surface area contributed by atoms with E-state index in [1.54, 1.807) is 31.2 Å². The Morgan fingerprint density at radius 1 is 0.846 bits per heavy atom. The molecule has 0 fully saturated rings. The highest BCUT2D eigenvalue weighted by Gasteiger charge is 2.33. The molecule has 0 saturated heterocycles. The molecule has 0 aliphatic rings. The first-order chi connectivity index (χ1) is 18.4. The minimum absolute atomic E-state index is 0.0897. The van der Waals surface area contributed by atoms with Crippen LogP contribution in [-0.4, -0.2) is 44.3 Å². The Morgan fingerprint density at radius 2 is 1.49 bits per heavy atom. The molecule has 208 valence electrons. The maximum absolute atomic E-state index is 14.0. The predicted octanol–water partition coefficient (Wildman–Crippen LogP) is 5.00. The number of benzene rings is 3. The monoisotopic (exact) mass is 549 g/mol. The summed E-state index contributed by atoms with van der Waals surface area (Å²) in [6, 6.07) is 20.5. The summed E-state index contributed by atoms with van der Waals surface area (Å²) in [7, 11) is -4.09. The van der Waals surface area contributed by atoms with E-state index in [0.29, 0.717) is 12.2 Å². The van der Waals surface area contributed by atoms with Crippen LogP contribution in [0.4, 0.5) is 5.69 Å². The minimum Gasteiger partial charge on any atom is -0.354 e. The van der Waals surface area contributed by atoms with E-state index in [2.05, 4.69) is 5.32 Å². The van der Waals surface area contributed by atoms with E-state index < -0.39 is 28.5 Å². The first-order valence-corrected chi connectivity index (χ1v) is 14.6. The lowest BCUT2D eigenvalue weighted by molar-refractivity contribution is -0.139. The Hall–Kier alpha value is -3.65. The molecule has 0 heterocycles. The number of sulfonamides is 1. The molecule has 2 amide bonds. The third-order valence-corrected chi connectivity index (χ3v) is 8.47. The third-order valence-electron chi connectivity index (χ3n) is 6.70. The van der Waals surface area contributed by atoms with Crippen LogP contribution in [0, 0.1) is 26.7 Å². The van der Waals surface area contributed by atoms with Crippen LogP contribution < -0.4 is 9.62 Å². The van der Waals surface area contributed by atoms with Gasteiger partial charge in [0.25, 0.3) is 10.0 Å². The third kappa shape index (κ3) is 7.47. The van der Waals surface area contributed by atoms with Crippen molar-refractivity contribution in [3.05, 3.63) is 95.1 Å². The second kappa shape index (κ2) is 12.9. The van der Waals surface area contributed by atoms with E-state index in [1.807, 2.05) is 71.0 Å². The van der Waals surface area contributed by atoms with Crippen molar-refractivity contribution in [1.82, 2.24) is 10.2 Å². The lowest BCUT2D eigenvalue weighted by Crippen LogP contribution is -2.51. The zero-order chi connectivity index (χ0) is 28.7. The Labute approximate surface area is 232 Å². The van der Waals surface area contributed by atoms with Gasteiger partial charge in [0.2, 0.25) is 11.8 Å². The van der Waals surface area contributed by atoms with Gasteiger partial charge >= 0.3 is 0 Å². The van der Waals surface area contributed by atoms with Crippen molar-refractivity contribution in [1.29, 1.82) is 0 Å². The molecule has 1 N–H and O–H groups in total. The maximum Gasteiger partial charge on any atom is 0.264 e. The fraction of sp³-hybridized carbons (Fsp3) is 0.355. The summed E-state index contributed by atoms with van der Waals surface area (Å²) in [6.07, 6.45) is 0. The minimum atomic E-state index is -4.09. The van der Waals surface area contributed by atoms with Crippen LogP contribution in [-0.2, 0) is 26.2 Å². The number of nitrogens with one attached hydrogen (secondary N) is 1. The zero-order valence-electron chi connectivity index (χ0n) is 23.6. The van der Waals surface area contributed by atoms with E-state index >= 15 is 0 Å². The number of carbonyl (C=O) groups is 2. The highest BCUT2D eigenvalue weighted by Crippen LogP contribution is 2.28. The SMILES string of the molecule is Cc1ccc(C)c(N(CC(=O)N(Cc2ccccc2C)[C@H](C)C(=O)NCC(C)C)S(=O)(=O)c2ccccc2)c1. The summed E-state index contributed by atoms with van der Waals surface area (Å²) in [6.45, 7) is 11.5. The molecule has 0 radical (unpaired) electrons. The molecule has 0 spiro atoms. The lowest BCUT2D eigenvalue weighted by atomic mass is 10.1. The smallest absolute Gasteiger partial charge is 0.264 e. The highest BCUT2D eigenvalue weighted by atomic mass is 32.2. The summed E-state index contributed by atoms with van der Waals surface area (Å²) < 4.78 is 29.0. The average molecular weight is 550 g/mol. The van der Waals surface area contributed by atoms with Crippen LogP contribution in [0.1, 0.15) is 43.0 Å². The number of aryl methyl sites for hydroxylation is 3. The van der Waals surface area contributed by atoms with E-state index in [-0.39, 0.29) is 23.3 Å². The van der Waals surface area contributed by atoms with Gasteiger partial charge in [-0.3, -0.25) is 13.9 Å². The summed E-state index contributed by atoms with van der Waals surface area (Å²) >= 11 is 0. The maximum atomic E-state index is 14.0. The van der Waals surface area contributed by atoms with Gasteiger partial charge in [-0.15, -0.1) is 0 Å².